The van der Waals surface area contributed by atoms with E-state index in [9.17, 15) is 0 Å². The lowest BCUT2D eigenvalue weighted by molar-refractivity contribution is 0.777. The molecule has 0 bridgehead atoms. The van der Waals surface area contributed by atoms with Gasteiger partial charge in [-0.05, 0) is 26.7 Å². The van der Waals surface area contributed by atoms with Crippen LogP contribution in [0.4, 0.5) is 5.82 Å². The summed E-state index contributed by atoms with van der Waals surface area (Å²) in [5.41, 5.74) is 3.03. The molecule has 17 heavy (non-hydrogen) atoms. The zero-order chi connectivity index (χ0) is 12.0. The molecule has 0 spiro atoms. The molecule has 5 heteroatoms. The summed E-state index contributed by atoms with van der Waals surface area (Å²) in [7, 11) is 1.97. The van der Waals surface area contributed by atoms with Gasteiger partial charge in [-0.25, -0.2) is 9.97 Å². The first-order chi connectivity index (χ1) is 8.16. The maximum Gasteiger partial charge on any atom is 0.158 e. The molecule has 0 aromatic carbocycles. The highest BCUT2D eigenvalue weighted by Gasteiger charge is 2.20. The van der Waals surface area contributed by atoms with Crippen LogP contribution in [0.1, 0.15) is 24.4 Å². The summed E-state index contributed by atoms with van der Waals surface area (Å²) in [5.74, 6) is 1.88. The number of fused-ring (bicyclic) bond motifs is 1. The molecular formula is C12H17N5. The first-order valence-corrected chi connectivity index (χ1v) is 6.09. The smallest absolute Gasteiger partial charge is 0.158 e. The van der Waals surface area contributed by atoms with Crippen LogP contribution in [0.5, 0.6) is 0 Å². The summed E-state index contributed by atoms with van der Waals surface area (Å²) in [6.07, 6.45) is 2.50. The molecule has 0 atom stereocenters. The van der Waals surface area contributed by atoms with Gasteiger partial charge in [0.15, 0.2) is 5.82 Å². The molecule has 0 amide bonds. The van der Waals surface area contributed by atoms with Gasteiger partial charge in [0.05, 0.1) is 5.69 Å². The molecule has 0 saturated carbocycles. The Morgan fingerprint density at radius 2 is 1.76 bits per heavy atom. The fourth-order valence-corrected chi connectivity index (χ4v) is 2.57. The van der Waals surface area contributed by atoms with Gasteiger partial charge in [0.25, 0.3) is 0 Å². The van der Waals surface area contributed by atoms with E-state index in [-0.39, 0.29) is 0 Å². The van der Waals surface area contributed by atoms with Crippen LogP contribution >= 0.6 is 0 Å². The van der Waals surface area contributed by atoms with Crippen LogP contribution in [0.15, 0.2) is 0 Å². The Morgan fingerprint density at radius 1 is 1.06 bits per heavy atom. The second-order valence-corrected chi connectivity index (χ2v) is 4.69. The van der Waals surface area contributed by atoms with Gasteiger partial charge in [-0.1, -0.05) is 0 Å². The second kappa shape index (κ2) is 3.68. The minimum absolute atomic E-state index is 0.829. The first kappa shape index (κ1) is 10.5. The van der Waals surface area contributed by atoms with E-state index in [0.717, 1.165) is 41.5 Å². The molecule has 3 heterocycles. The summed E-state index contributed by atoms with van der Waals surface area (Å²) in [4.78, 5) is 11.5. The third-order valence-electron chi connectivity index (χ3n) is 3.35. The molecule has 3 rings (SSSR count). The number of aromatic nitrogens is 4. The van der Waals surface area contributed by atoms with Crippen LogP contribution in [-0.2, 0) is 7.05 Å². The van der Waals surface area contributed by atoms with Gasteiger partial charge >= 0.3 is 0 Å². The second-order valence-electron chi connectivity index (χ2n) is 4.69. The summed E-state index contributed by atoms with van der Waals surface area (Å²) in [6, 6.07) is 0. The van der Waals surface area contributed by atoms with E-state index in [0.29, 0.717) is 0 Å². The molecular weight excluding hydrogens is 214 g/mol. The van der Waals surface area contributed by atoms with Crippen molar-refractivity contribution in [3.63, 3.8) is 0 Å². The number of nitrogens with zero attached hydrogens (tertiary/aromatic N) is 5. The molecule has 90 valence electrons. The van der Waals surface area contributed by atoms with E-state index in [1.54, 1.807) is 0 Å². The van der Waals surface area contributed by atoms with E-state index in [4.69, 9.17) is 0 Å². The standard InChI is InChI=1S/C12H17N5/c1-8-10-11(16(3)15-8)12(14-9(2)13-10)17-6-4-5-7-17/h4-7H2,1-3H3. The van der Waals surface area contributed by atoms with E-state index in [2.05, 4.69) is 20.0 Å². The van der Waals surface area contributed by atoms with Crippen LogP contribution in [-0.4, -0.2) is 32.8 Å². The summed E-state index contributed by atoms with van der Waals surface area (Å²) in [5, 5.41) is 4.45. The number of anilines is 1. The van der Waals surface area contributed by atoms with Gasteiger partial charge in [-0.3, -0.25) is 4.68 Å². The third-order valence-corrected chi connectivity index (χ3v) is 3.35. The van der Waals surface area contributed by atoms with Crippen LogP contribution in [0, 0.1) is 13.8 Å². The Bertz CT molecular complexity index is 566. The van der Waals surface area contributed by atoms with Crippen molar-refractivity contribution < 1.29 is 0 Å². The van der Waals surface area contributed by atoms with Gasteiger partial charge in [0.1, 0.15) is 16.9 Å². The van der Waals surface area contributed by atoms with Crippen molar-refractivity contribution in [2.75, 3.05) is 18.0 Å². The van der Waals surface area contributed by atoms with E-state index < -0.39 is 0 Å². The highest BCUT2D eigenvalue weighted by atomic mass is 15.3. The Hall–Kier alpha value is -1.65. The van der Waals surface area contributed by atoms with E-state index in [1.807, 2.05) is 25.6 Å². The van der Waals surface area contributed by atoms with Crippen molar-refractivity contribution in [2.45, 2.75) is 26.7 Å². The molecule has 0 aliphatic carbocycles. The van der Waals surface area contributed by atoms with E-state index >= 15 is 0 Å². The minimum atomic E-state index is 0.829. The summed E-state index contributed by atoms with van der Waals surface area (Å²) >= 11 is 0. The summed E-state index contributed by atoms with van der Waals surface area (Å²) in [6.45, 7) is 6.14. The fourth-order valence-electron chi connectivity index (χ4n) is 2.57. The molecule has 0 unspecified atom stereocenters. The van der Waals surface area contributed by atoms with Gasteiger partial charge in [0.2, 0.25) is 0 Å². The Kier molecular flexibility index (Phi) is 2.28. The zero-order valence-corrected chi connectivity index (χ0v) is 10.6. The van der Waals surface area contributed by atoms with Gasteiger partial charge in [0, 0.05) is 20.1 Å². The van der Waals surface area contributed by atoms with Crippen LogP contribution in [0.3, 0.4) is 0 Å². The number of hydrogen-bond acceptors (Lipinski definition) is 4. The van der Waals surface area contributed by atoms with E-state index in [1.165, 1.54) is 12.8 Å². The Labute approximate surface area is 100 Å². The minimum Gasteiger partial charge on any atom is -0.355 e. The molecule has 1 aliphatic rings. The predicted molar refractivity (Wildman–Crippen MR) is 67.2 cm³/mol. The maximum absolute atomic E-state index is 4.61. The number of rotatable bonds is 1. The maximum atomic E-state index is 4.61. The average Bonchev–Trinajstić information content (AvgIpc) is 2.88. The van der Waals surface area contributed by atoms with Gasteiger partial charge in [-0.15, -0.1) is 0 Å². The van der Waals surface area contributed by atoms with Crippen molar-refractivity contribution in [3.05, 3.63) is 11.5 Å². The van der Waals surface area contributed by atoms with Crippen LogP contribution in [0.25, 0.3) is 11.0 Å². The lowest BCUT2D eigenvalue weighted by Gasteiger charge is -2.17. The molecule has 1 saturated heterocycles. The van der Waals surface area contributed by atoms with Crippen molar-refractivity contribution in [2.24, 2.45) is 7.05 Å². The SMILES string of the molecule is Cc1nc(N2CCCC2)c2c(n1)c(C)nn2C. The fraction of sp³-hybridized carbons (Fsp3) is 0.583. The number of hydrogen-bond donors (Lipinski definition) is 0. The third kappa shape index (κ3) is 1.57. The molecule has 1 aliphatic heterocycles. The quantitative estimate of drug-likeness (QED) is 0.747. The molecule has 2 aromatic rings. The Balaban J connectivity index is 2.28. The zero-order valence-electron chi connectivity index (χ0n) is 10.6. The molecule has 0 N–H and O–H groups in total. The number of aryl methyl sites for hydroxylation is 3. The first-order valence-electron chi connectivity index (χ1n) is 6.09. The largest absolute Gasteiger partial charge is 0.355 e. The Morgan fingerprint density at radius 3 is 2.47 bits per heavy atom. The monoisotopic (exact) mass is 231 g/mol. The lowest BCUT2D eigenvalue weighted by atomic mass is 10.3. The highest BCUT2D eigenvalue weighted by Crippen LogP contribution is 2.27. The molecule has 0 radical (unpaired) electrons. The van der Waals surface area contributed by atoms with Gasteiger partial charge in [-0.2, -0.15) is 5.10 Å². The van der Waals surface area contributed by atoms with Crippen molar-refractivity contribution in [1.82, 2.24) is 19.7 Å². The topological polar surface area (TPSA) is 46.8 Å². The molecule has 2 aromatic heterocycles. The average molecular weight is 231 g/mol. The highest BCUT2D eigenvalue weighted by molar-refractivity contribution is 5.88. The molecule has 5 nitrogen and oxygen atoms in total. The van der Waals surface area contributed by atoms with Crippen LogP contribution < -0.4 is 4.90 Å². The predicted octanol–water partition coefficient (Wildman–Crippen LogP) is 1.58. The van der Waals surface area contributed by atoms with Crippen LogP contribution in [0.2, 0.25) is 0 Å². The normalized spacial score (nSPS) is 16.1. The lowest BCUT2D eigenvalue weighted by Crippen LogP contribution is -2.20. The van der Waals surface area contributed by atoms with Crippen molar-refractivity contribution in [3.8, 4) is 0 Å². The molecule has 1 fully saturated rings. The van der Waals surface area contributed by atoms with Gasteiger partial charge < -0.3 is 4.90 Å². The summed E-state index contributed by atoms with van der Waals surface area (Å²) < 4.78 is 1.90. The van der Waals surface area contributed by atoms with Crippen molar-refractivity contribution >= 4 is 16.9 Å². The van der Waals surface area contributed by atoms with Crippen molar-refractivity contribution in [1.29, 1.82) is 0 Å².